The summed E-state index contributed by atoms with van der Waals surface area (Å²) in [6, 6.07) is 31.4. The maximum atomic E-state index is 4.65. The van der Waals surface area contributed by atoms with Crippen molar-refractivity contribution in [3.63, 3.8) is 0 Å². The first kappa shape index (κ1) is 24.5. The molecule has 0 aliphatic carbocycles. The van der Waals surface area contributed by atoms with Crippen molar-refractivity contribution in [1.82, 2.24) is 24.1 Å². The highest BCUT2D eigenvalue weighted by atomic mass is 32.2. The molecular weight excluding hydrogens is 512 g/mol. The Hall–Kier alpha value is -4.58. The molecular formula is C33H28N6S+2. The van der Waals surface area contributed by atoms with E-state index in [9.17, 15) is 0 Å². The fraction of sp³-hybridized carbons (Fsp3) is 0.152. The zero-order chi connectivity index (χ0) is 27.4. The van der Waals surface area contributed by atoms with Crippen LogP contribution in [0.1, 0.15) is 26.3 Å². The Morgan fingerprint density at radius 3 is 2.30 bits per heavy atom. The highest BCUT2D eigenvalue weighted by Gasteiger charge is 2.35. The number of fused-ring (bicyclic) bond motifs is 4. The highest BCUT2D eigenvalue weighted by Crippen LogP contribution is 2.40. The Morgan fingerprint density at radius 1 is 0.725 bits per heavy atom. The minimum atomic E-state index is -0.0256. The number of hydrogen-bond donors (Lipinski definition) is 0. The van der Waals surface area contributed by atoms with Crippen molar-refractivity contribution in [1.29, 1.82) is 0 Å². The summed E-state index contributed by atoms with van der Waals surface area (Å²) in [6.07, 6.45) is 5.29. The number of nitrogens with zero attached hydrogens (tertiary/aromatic N) is 6. The molecule has 0 fully saturated rings. The van der Waals surface area contributed by atoms with Crippen molar-refractivity contribution in [3.8, 4) is 5.82 Å². The number of hydrogen-bond acceptors (Lipinski definition) is 4. The van der Waals surface area contributed by atoms with Crippen molar-refractivity contribution in [3.05, 3.63) is 103 Å². The molecule has 0 amide bonds. The van der Waals surface area contributed by atoms with Gasteiger partial charge in [-0.15, -0.1) is 4.58 Å². The van der Waals surface area contributed by atoms with Gasteiger partial charge in [0.15, 0.2) is 11.9 Å². The summed E-state index contributed by atoms with van der Waals surface area (Å²) in [4.78, 5) is 16.1. The Labute approximate surface area is 237 Å². The highest BCUT2D eigenvalue weighted by molar-refractivity contribution is 7.99. The Bertz CT molecular complexity index is 2010. The molecule has 1 aliphatic rings. The van der Waals surface area contributed by atoms with Crippen LogP contribution >= 0.6 is 11.8 Å². The minimum Gasteiger partial charge on any atom is -0.294 e. The molecule has 0 atom stereocenters. The second-order valence-corrected chi connectivity index (χ2v) is 12.1. The molecule has 0 saturated heterocycles. The van der Waals surface area contributed by atoms with Gasteiger partial charge in [0.2, 0.25) is 0 Å². The standard InChI is InChI=1S/C33H28N6S/c1-33(2,3)22-17-23(38-21-37(4)31-32(38)36-16-15-35-31)19-25(18-22)40-24-12-13-29-27(20-24)26-9-5-6-10-28(26)39(29)30-11-7-8-14-34-30/h5-20H,1-4H3/q+2. The molecule has 4 heterocycles. The number of pyridine rings is 1. The predicted octanol–water partition coefficient (Wildman–Crippen LogP) is 7.71. The molecule has 0 radical (unpaired) electrons. The SMILES string of the molecule is C[N+]1=C=[N+](c2cc(Sc3ccc4c(c3)c3ccccc3n4-c3ccccn3)cc(C(C)(C)C)c2)c2nccnc21. The van der Waals surface area contributed by atoms with Crippen LogP contribution in [0, 0.1) is 0 Å². The maximum Gasteiger partial charge on any atom is 0.474 e. The lowest BCUT2D eigenvalue weighted by molar-refractivity contribution is -0.398. The Morgan fingerprint density at radius 2 is 1.50 bits per heavy atom. The average molecular weight is 541 g/mol. The first-order chi connectivity index (χ1) is 19.4. The van der Waals surface area contributed by atoms with Crippen LogP contribution in [-0.2, 0) is 5.41 Å². The molecule has 6 nitrogen and oxygen atoms in total. The predicted molar refractivity (Wildman–Crippen MR) is 162 cm³/mol. The summed E-state index contributed by atoms with van der Waals surface area (Å²) in [5.74, 6) is 2.51. The van der Waals surface area contributed by atoms with Gasteiger partial charge in [0.25, 0.3) is 0 Å². The average Bonchev–Trinajstić information content (AvgIpc) is 3.48. The lowest BCUT2D eigenvalue weighted by Crippen LogP contribution is -2.12. The smallest absolute Gasteiger partial charge is 0.294 e. The van der Waals surface area contributed by atoms with Crippen LogP contribution in [0.4, 0.5) is 17.3 Å². The van der Waals surface area contributed by atoms with E-state index in [1.807, 2.05) is 34.5 Å². The monoisotopic (exact) mass is 540 g/mol. The lowest BCUT2D eigenvalue weighted by atomic mass is 9.87. The number of rotatable bonds is 4. The molecule has 7 rings (SSSR count). The second-order valence-electron chi connectivity index (χ2n) is 11.0. The maximum absolute atomic E-state index is 4.65. The van der Waals surface area contributed by atoms with Gasteiger partial charge < -0.3 is 0 Å². The van der Waals surface area contributed by atoms with Gasteiger partial charge in [-0.25, -0.2) is 4.98 Å². The number of benzene rings is 3. The molecule has 40 heavy (non-hydrogen) atoms. The molecule has 3 aromatic heterocycles. The molecule has 0 unspecified atom stereocenters. The van der Waals surface area contributed by atoms with Gasteiger partial charge in [0.05, 0.1) is 17.2 Å². The zero-order valence-electron chi connectivity index (χ0n) is 22.8. The largest absolute Gasteiger partial charge is 0.474 e. The van der Waals surface area contributed by atoms with Crippen LogP contribution < -0.4 is 4.58 Å². The fourth-order valence-corrected chi connectivity index (χ4v) is 6.18. The summed E-state index contributed by atoms with van der Waals surface area (Å²) in [5, 5.41) is 2.43. The van der Waals surface area contributed by atoms with Gasteiger partial charge in [-0.05, 0) is 59.5 Å². The molecule has 3 aromatic carbocycles. The van der Waals surface area contributed by atoms with E-state index in [0.717, 1.165) is 39.1 Å². The van der Waals surface area contributed by atoms with Gasteiger partial charge in [-0.2, -0.15) is 4.98 Å². The normalized spacial score (nSPS) is 13.0. The minimum absolute atomic E-state index is 0.0256. The molecule has 6 aromatic rings. The molecule has 7 heteroatoms. The fourth-order valence-electron chi connectivity index (χ4n) is 5.23. The molecule has 0 N–H and O–H groups in total. The van der Waals surface area contributed by atoms with Gasteiger partial charge in [-0.1, -0.05) is 61.4 Å². The van der Waals surface area contributed by atoms with E-state index in [-0.39, 0.29) is 5.41 Å². The topological polar surface area (TPSA) is 49.6 Å². The molecule has 0 saturated carbocycles. The number of para-hydroxylation sites is 1. The summed E-state index contributed by atoms with van der Waals surface area (Å²) in [5.41, 5.74) is 4.55. The van der Waals surface area contributed by atoms with Gasteiger partial charge in [-0.3, -0.25) is 4.57 Å². The third-order valence-corrected chi connectivity index (χ3v) is 8.17. The van der Waals surface area contributed by atoms with Gasteiger partial charge in [0.1, 0.15) is 12.9 Å². The molecule has 0 spiro atoms. The number of aromatic nitrogens is 4. The van der Waals surface area contributed by atoms with E-state index >= 15 is 0 Å². The van der Waals surface area contributed by atoms with Crippen LogP contribution in [-0.4, -0.2) is 37.2 Å². The Kier molecular flexibility index (Phi) is 5.66. The van der Waals surface area contributed by atoms with Gasteiger partial charge in [0, 0.05) is 37.8 Å². The van der Waals surface area contributed by atoms with Crippen molar-refractivity contribution in [2.45, 2.75) is 36.0 Å². The van der Waals surface area contributed by atoms with Crippen LogP contribution in [0.25, 0.3) is 27.6 Å². The van der Waals surface area contributed by atoms with Crippen LogP contribution in [0.3, 0.4) is 0 Å². The van der Waals surface area contributed by atoms with Crippen LogP contribution in [0.5, 0.6) is 0 Å². The van der Waals surface area contributed by atoms with Crippen molar-refractivity contribution < 1.29 is 4.58 Å². The first-order valence-electron chi connectivity index (χ1n) is 13.3. The van der Waals surface area contributed by atoms with E-state index in [4.69, 9.17) is 0 Å². The van der Waals surface area contributed by atoms with Crippen molar-refractivity contribution in [2.75, 3.05) is 7.05 Å². The second kappa shape index (κ2) is 9.26. The first-order valence-corrected chi connectivity index (χ1v) is 14.1. The summed E-state index contributed by atoms with van der Waals surface area (Å²) in [6.45, 7) is 6.74. The van der Waals surface area contributed by atoms with Crippen molar-refractivity contribution >= 4 is 56.9 Å². The summed E-state index contributed by atoms with van der Waals surface area (Å²) in [7, 11) is 1.95. The molecule has 0 bridgehead atoms. The van der Waals surface area contributed by atoms with E-state index in [1.165, 1.54) is 21.2 Å². The van der Waals surface area contributed by atoms with Crippen LogP contribution in [0.2, 0.25) is 0 Å². The third kappa shape index (κ3) is 4.11. The quantitative estimate of drug-likeness (QED) is 0.215. The van der Waals surface area contributed by atoms with E-state index in [2.05, 4.69) is 113 Å². The summed E-state index contributed by atoms with van der Waals surface area (Å²) >= 11 is 1.77. The van der Waals surface area contributed by atoms with Gasteiger partial charge >= 0.3 is 17.6 Å². The summed E-state index contributed by atoms with van der Waals surface area (Å²) < 4.78 is 6.14. The molecule has 1 aliphatic heterocycles. The van der Waals surface area contributed by atoms with Crippen molar-refractivity contribution in [2.24, 2.45) is 0 Å². The van der Waals surface area contributed by atoms with Crippen LogP contribution in [0.15, 0.2) is 107 Å². The van der Waals surface area contributed by atoms with E-state index in [0.29, 0.717) is 0 Å². The van der Waals surface area contributed by atoms with E-state index in [1.54, 1.807) is 24.2 Å². The lowest BCUT2D eigenvalue weighted by Gasteiger charge is -2.20. The zero-order valence-corrected chi connectivity index (χ0v) is 23.6. The Balaban J connectivity index is 1.35. The van der Waals surface area contributed by atoms with E-state index < -0.39 is 0 Å². The third-order valence-electron chi connectivity index (χ3n) is 7.21. The molecule has 194 valence electrons.